The van der Waals surface area contributed by atoms with Crippen molar-refractivity contribution >= 4 is 23.1 Å². The van der Waals surface area contributed by atoms with Gasteiger partial charge in [0.25, 0.3) is 0 Å². The van der Waals surface area contributed by atoms with Crippen LogP contribution in [0.5, 0.6) is 0 Å². The number of nitrogens with zero attached hydrogens (tertiary/aromatic N) is 2. The second-order valence-corrected chi connectivity index (χ2v) is 5.97. The van der Waals surface area contributed by atoms with Crippen LogP contribution in [0.3, 0.4) is 0 Å². The fraction of sp³-hybridized carbons (Fsp3) is 0.357. The van der Waals surface area contributed by atoms with Gasteiger partial charge in [-0.2, -0.15) is 0 Å². The van der Waals surface area contributed by atoms with Crippen LogP contribution in [0.1, 0.15) is 38.8 Å². The standard InChI is InChI=1S/C14H17N3O2S/c1-8-5-11(10(3)20-8)9(2)17-13-7-15-12(6-16-13)14(18)19-4/h5-7,9H,1-4H3,(H,16,17). The summed E-state index contributed by atoms with van der Waals surface area (Å²) in [7, 11) is 1.32. The molecule has 0 bridgehead atoms. The molecule has 5 nitrogen and oxygen atoms in total. The molecular formula is C14H17N3O2S. The summed E-state index contributed by atoms with van der Waals surface area (Å²) in [6, 6.07) is 2.31. The maximum atomic E-state index is 11.3. The van der Waals surface area contributed by atoms with Gasteiger partial charge in [0.15, 0.2) is 5.69 Å². The molecule has 106 valence electrons. The van der Waals surface area contributed by atoms with Gasteiger partial charge in [-0.15, -0.1) is 11.3 Å². The van der Waals surface area contributed by atoms with Gasteiger partial charge in [0.2, 0.25) is 0 Å². The van der Waals surface area contributed by atoms with Gasteiger partial charge in [0.1, 0.15) is 5.82 Å². The zero-order valence-corrected chi connectivity index (χ0v) is 12.7. The van der Waals surface area contributed by atoms with E-state index < -0.39 is 5.97 Å². The molecule has 1 atom stereocenters. The Morgan fingerprint density at radius 1 is 1.35 bits per heavy atom. The summed E-state index contributed by atoms with van der Waals surface area (Å²) >= 11 is 1.78. The maximum absolute atomic E-state index is 11.3. The van der Waals surface area contributed by atoms with Crippen molar-refractivity contribution in [3.63, 3.8) is 0 Å². The number of thiophene rings is 1. The second-order valence-electron chi connectivity index (χ2n) is 4.51. The van der Waals surface area contributed by atoms with Crippen molar-refractivity contribution in [1.29, 1.82) is 0 Å². The Labute approximate surface area is 122 Å². The fourth-order valence-electron chi connectivity index (χ4n) is 1.99. The summed E-state index contributed by atoms with van der Waals surface area (Å²) in [5, 5.41) is 3.28. The van der Waals surface area contributed by atoms with E-state index in [0.717, 1.165) is 0 Å². The van der Waals surface area contributed by atoms with Gasteiger partial charge < -0.3 is 10.1 Å². The zero-order chi connectivity index (χ0) is 14.7. The van der Waals surface area contributed by atoms with Crippen molar-refractivity contribution in [2.45, 2.75) is 26.8 Å². The van der Waals surface area contributed by atoms with Crippen LogP contribution in [0.15, 0.2) is 18.5 Å². The first-order valence-electron chi connectivity index (χ1n) is 6.25. The van der Waals surface area contributed by atoms with Crippen molar-refractivity contribution < 1.29 is 9.53 Å². The number of hydrogen-bond acceptors (Lipinski definition) is 6. The lowest BCUT2D eigenvalue weighted by Gasteiger charge is -2.14. The van der Waals surface area contributed by atoms with Gasteiger partial charge in [0, 0.05) is 9.75 Å². The van der Waals surface area contributed by atoms with Gasteiger partial charge in [-0.25, -0.2) is 14.8 Å². The van der Waals surface area contributed by atoms with Gasteiger partial charge in [-0.1, -0.05) is 0 Å². The molecule has 0 saturated carbocycles. The van der Waals surface area contributed by atoms with Gasteiger partial charge in [0.05, 0.1) is 25.5 Å². The van der Waals surface area contributed by atoms with Crippen LogP contribution in [0.2, 0.25) is 0 Å². The topological polar surface area (TPSA) is 64.1 Å². The molecule has 0 aromatic carbocycles. The molecule has 2 aromatic heterocycles. The summed E-state index contributed by atoms with van der Waals surface area (Å²) in [5.74, 6) is 0.148. The average molecular weight is 291 g/mol. The summed E-state index contributed by atoms with van der Waals surface area (Å²) in [4.78, 5) is 22.1. The molecule has 2 heterocycles. The Balaban J connectivity index is 2.10. The second kappa shape index (κ2) is 6.00. The zero-order valence-electron chi connectivity index (χ0n) is 11.9. The number of aryl methyl sites for hydroxylation is 2. The average Bonchev–Trinajstić information content (AvgIpc) is 2.78. The molecule has 0 aliphatic rings. The summed E-state index contributed by atoms with van der Waals surface area (Å²) < 4.78 is 4.58. The normalized spacial score (nSPS) is 12.0. The number of nitrogens with one attached hydrogen (secondary N) is 1. The number of carbonyl (C=O) groups is 1. The molecule has 2 rings (SSSR count). The minimum absolute atomic E-state index is 0.137. The van der Waals surface area contributed by atoms with Crippen LogP contribution in [-0.2, 0) is 4.74 Å². The molecule has 1 N–H and O–H groups in total. The third kappa shape index (κ3) is 3.14. The molecule has 6 heteroatoms. The Morgan fingerprint density at radius 3 is 2.60 bits per heavy atom. The number of carbonyl (C=O) groups excluding carboxylic acids is 1. The molecule has 1 unspecified atom stereocenters. The van der Waals surface area contributed by atoms with Gasteiger partial charge in [-0.05, 0) is 32.4 Å². The third-order valence-corrected chi connectivity index (χ3v) is 3.94. The minimum Gasteiger partial charge on any atom is -0.464 e. The van der Waals surface area contributed by atoms with Crippen LogP contribution in [0, 0.1) is 13.8 Å². The number of methoxy groups -OCH3 is 1. The van der Waals surface area contributed by atoms with Crippen LogP contribution in [-0.4, -0.2) is 23.0 Å². The Hall–Kier alpha value is -1.95. The van der Waals surface area contributed by atoms with Crippen molar-refractivity contribution in [3.05, 3.63) is 39.5 Å². The van der Waals surface area contributed by atoms with Gasteiger partial charge >= 0.3 is 5.97 Å². The van der Waals surface area contributed by atoms with E-state index in [4.69, 9.17) is 0 Å². The molecule has 0 fully saturated rings. The Kier molecular flexibility index (Phi) is 4.34. The van der Waals surface area contributed by atoms with Crippen molar-refractivity contribution in [2.24, 2.45) is 0 Å². The fourth-order valence-corrected chi connectivity index (χ4v) is 3.01. The van der Waals surface area contributed by atoms with E-state index in [2.05, 4.69) is 46.9 Å². The molecule has 0 saturated heterocycles. The highest BCUT2D eigenvalue weighted by Crippen LogP contribution is 2.27. The lowest BCUT2D eigenvalue weighted by Crippen LogP contribution is -2.10. The van der Waals surface area contributed by atoms with E-state index in [-0.39, 0.29) is 11.7 Å². The highest BCUT2D eigenvalue weighted by molar-refractivity contribution is 7.12. The highest BCUT2D eigenvalue weighted by Gasteiger charge is 2.13. The maximum Gasteiger partial charge on any atom is 0.358 e. The Morgan fingerprint density at radius 2 is 2.10 bits per heavy atom. The molecule has 0 radical (unpaired) electrons. The van der Waals surface area contributed by atoms with E-state index in [1.165, 1.54) is 34.8 Å². The molecule has 20 heavy (non-hydrogen) atoms. The van der Waals surface area contributed by atoms with Crippen molar-refractivity contribution in [3.8, 4) is 0 Å². The number of aromatic nitrogens is 2. The van der Waals surface area contributed by atoms with E-state index in [9.17, 15) is 4.79 Å². The smallest absolute Gasteiger partial charge is 0.358 e. The highest BCUT2D eigenvalue weighted by atomic mass is 32.1. The van der Waals surface area contributed by atoms with E-state index in [0.29, 0.717) is 5.82 Å². The SMILES string of the molecule is COC(=O)c1cnc(NC(C)c2cc(C)sc2C)cn1. The molecular weight excluding hydrogens is 274 g/mol. The van der Waals surface area contributed by atoms with Crippen molar-refractivity contribution in [2.75, 3.05) is 12.4 Å². The first-order valence-corrected chi connectivity index (χ1v) is 7.06. The number of esters is 1. The summed E-state index contributed by atoms with van der Waals surface area (Å²) in [6.07, 6.45) is 2.95. The Bertz CT molecular complexity index is 607. The number of ether oxygens (including phenoxy) is 1. The number of hydrogen-bond donors (Lipinski definition) is 1. The number of anilines is 1. The largest absolute Gasteiger partial charge is 0.464 e. The first-order chi connectivity index (χ1) is 9.51. The molecule has 0 aliphatic carbocycles. The van der Waals surface area contributed by atoms with E-state index in [1.54, 1.807) is 11.3 Å². The van der Waals surface area contributed by atoms with Crippen molar-refractivity contribution in [1.82, 2.24) is 9.97 Å². The first kappa shape index (κ1) is 14.5. The van der Waals surface area contributed by atoms with Crippen LogP contribution >= 0.6 is 11.3 Å². The molecule has 0 amide bonds. The van der Waals surface area contributed by atoms with E-state index in [1.807, 2.05) is 0 Å². The van der Waals surface area contributed by atoms with Crippen LogP contribution in [0.4, 0.5) is 5.82 Å². The lowest BCUT2D eigenvalue weighted by atomic mass is 10.1. The summed E-state index contributed by atoms with van der Waals surface area (Å²) in [6.45, 7) is 6.28. The third-order valence-electron chi connectivity index (χ3n) is 2.96. The lowest BCUT2D eigenvalue weighted by molar-refractivity contribution is 0.0593. The minimum atomic E-state index is -0.485. The monoisotopic (exact) mass is 291 g/mol. The summed E-state index contributed by atoms with van der Waals surface area (Å²) in [5.41, 5.74) is 1.46. The number of rotatable bonds is 4. The molecule has 2 aromatic rings. The quantitative estimate of drug-likeness (QED) is 0.877. The van der Waals surface area contributed by atoms with E-state index >= 15 is 0 Å². The molecule has 0 spiro atoms. The predicted molar refractivity (Wildman–Crippen MR) is 79.2 cm³/mol. The predicted octanol–water partition coefficient (Wildman–Crippen LogP) is 3.11. The van der Waals surface area contributed by atoms with Crippen LogP contribution in [0.25, 0.3) is 0 Å². The van der Waals surface area contributed by atoms with Gasteiger partial charge in [-0.3, -0.25) is 0 Å². The van der Waals surface area contributed by atoms with Crippen LogP contribution < -0.4 is 5.32 Å². The molecule has 0 aliphatic heterocycles.